The van der Waals surface area contributed by atoms with Gasteiger partial charge in [0.05, 0.1) is 5.60 Å². The highest BCUT2D eigenvalue weighted by molar-refractivity contribution is 4.77. The maximum Gasteiger partial charge on any atom is 0.0766 e. The van der Waals surface area contributed by atoms with Crippen LogP contribution in [0.5, 0.6) is 0 Å². The van der Waals surface area contributed by atoms with E-state index in [1.807, 2.05) is 0 Å². The molecule has 0 saturated heterocycles. The first-order chi connectivity index (χ1) is 7.70. The number of aliphatic hydroxyl groups is 1. The molecule has 1 aliphatic carbocycles. The second-order valence-electron chi connectivity index (χ2n) is 5.40. The summed E-state index contributed by atoms with van der Waals surface area (Å²) >= 11 is 0. The SMILES string of the molecule is CCC(O)(CC)CNCCCC1CCCC1. The van der Waals surface area contributed by atoms with Crippen molar-refractivity contribution in [1.82, 2.24) is 5.32 Å². The van der Waals surface area contributed by atoms with Crippen LogP contribution in [-0.2, 0) is 0 Å². The normalized spacial score (nSPS) is 18.2. The molecule has 2 nitrogen and oxygen atoms in total. The van der Waals surface area contributed by atoms with Gasteiger partial charge in [-0.25, -0.2) is 0 Å². The van der Waals surface area contributed by atoms with Crippen molar-refractivity contribution < 1.29 is 5.11 Å². The summed E-state index contributed by atoms with van der Waals surface area (Å²) in [6.07, 6.45) is 10.1. The van der Waals surface area contributed by atoms with Gasteiger partial charge in [0.2, 0.25) is 0 Å². The molecule has 0 spiro atoms. The van der Waals surface area contributed by atoms with E-state index in [9.17, 15) is 5.11 Å². The lowest BCUT2D eigenvalue weighted by atomic mass is 9.97. The van der Waals surface area contributed by atoms with Crippen LogP contribution >= 0.6 is 0 Å². The minimum absolute atomic E-state index is 0.479. The summed E-state index contributed by atoms with van der Waals surface area (Å²) in [6.45, 7) is 5.94. The molecule has 2 heteroatoms. The first-order valence-electron chi connectivity index (χ1n) is 7.13. The zero-order chi connectivity index (χ0) is 11.9. The molecule has 1 fully saturated rings. The van der Waals surface area contributed by atoms with Crippen molar-refractivity contribution >= 4 is 0 Å². The first kappa shape index (κ1) is 14.0. The van der Waals surface area contributed by atoms with Crippen molar-refractivity contribution in [1.29, 1.82) is 0 Å². The molecule has 0 aromatic carbocycles. The Labute approximate surface area is 101 Å². The molecule has 1 saturated carbocycles. The van der Waals surface area contributed by atoms with E-state index in [1.54, 1.807) is 0 Å². The summed E-state index contributed by atoms with van der Waals surface area (Å²) in [7, 11) is 0. The van der Waals surface area contributed by atoms with Gasteiger partial charge in [-0.1, -0.05) is 39.5 Å². The Bertz CT molecular complexity index is 172. The molecule has 0 aromatic rings. The Morgan fingerprint density at radius 2 is 1.81 bits per heavy atom. The van der Waals surface area contributed by atoms with E-state index in [2.05, 4.69) is 19.2 Å². The van der Waals surface area contributed by atoms with Crippen LogP contribution in [0.3, 0.4) is 0 Å². The molecule has 0 aromatic heterocycles. The highest BCUT2D eigenvalue weighted by Gasteiger charge is 2.21. The van der Waals surface area contributed by atoms with Crippen LogP contribution < -0.4 is 5.32 Å². The topological polar surface area (TPSA) is 32.3 Å². The Kier molecular flexibility index (Phi) is 6.37. The molecule has 1 rings (SSSR count). The molecule has 0 unspecified atom stereocenters. The molecule has 0 atom stereocenters. The van der Waals surface area contributed by atoms with Crippen LogP contribution in [0.1, 0.15) is 65.2 Å². The summed E-state index contributed by atoms with van der Waals surface area (Å²) in [4.78, 5) is 0. The highest BCUT2D eigenvalue weighted by atomic mass is 16.3. The van der Waals surface area contributed by atoms with Gasteiger partial charge in [-0.2, -0.15) is 0 Å². The summed E-state index contributed by atoms with van der Waals surface area (Å²) in [5.74, 6) is 0.998. The van der Waals surface area contributed by atoms with E-state index < -0.39 is 5.60 Å². The van der Waals surface area contributed by atoms with E-state index in [0.717, 1.165) is 31.8 Å². The van der Waals surface area contributed by atoms with Crippen LogP contribution in [0.25, 0.3) is 0 Å². The van der Waals surface area contributed by atoms with Crippen LogP contribution in [0.15, 0.2) is 0 Å². The minimum atomic E-state index is -0.479. The molecule has 16 heavy (non-hydrogen) atoms. The molecule has 0 amide bonds. The van der Waals surface area contributed by atoms with Gasteiger partial charge in [0.1, 0.15) is 0 Å². The standard InChI is InChI=1S/C14H29NO/c1-3-14(16,4-2)12-15-11-7-10-13-8-5-6-9-13/h13,15-16H,3-12H2,1-2H3. The van der Waals surface area contributed by atoms with Crippen molar-refractivity contribution in [2.24, 2.45) is 5.92 Å². The van der Waals surface area contributed by atoms with Gasteiger partial charge in [-0.05, 0) is 38.1 Å². The third kappa shape index (κ3) is 4.84. The lowest BCUT2D eigenvalue weighted by molar-refractivity contribution is 0.0326. The van der Waals surface area contributed by atoms with E-state index >= 15 is 0 Å². The van der Waals surface area contributed by atoms with Crippen molar-refractivity contribution in [3.8, 4) is 0 Å². The highest BCUT2D eigenvalue weighted by Crippen LogP contribution is 2.28. The Hall–Kier alpha value is -0.0800. The maximum absolute atomic E-state index is 10.1. The lowest BCUT2D eigenvalue weighted by Gasteiger charge is -2.25. The Morgan fingerprint density at radius 1 is 1.19 bits per heavy atom. The molecule has 1 aliphatic rings. The third-order valence-corrected chi connectivity index (χ3v) is 4.21. The van der Waals surface area contributed by atoms with Gasteiger partial charge in [0, 0.05) is 6.54 Å². The summed E-state index contributed by atoms with van der Waals surface area (Å²) in [5.41, 5.74) is -0.479. The molecule has 0 heterocycles. The third-order valence-electron chi connectivity index (χ3n) is 4.21. The Balaban J connectivity index is 1.98. The van der Waals surface area contributed by atoms with Gasteiger partial charge >= 0.3 is 0 Å². The van der Waals surface area contributed by atoms with Crippen molar-refractivity contribution in [3.63, 3.8) is 0 Å². The van der Waals surface area contributed by atoms with Crippen LogP contribution in [0.2, 0.25) is 0 Å². The second kappa shape index (κ2) is 7.29. The van der Waals surface area contributed by atoms with Gasteiger partial charge < -0.3 is 10.4 Å². The van der Waals surface area contributed by atoms with Gasteiger partial charge in [0.15, 0.2) is 0 Å². The second-order valence-corrected chi connectivity index (χ2v) is 5.40. The molecule has 0 radical (unpaired) electrons. The molecule has 0 bridgehead atoms. The summed E-state index contributed by atoms with van der Waals surface area (Å²) in [6, 6.07) is 0. The fourth-order valence-electron chi connectivity index (χ4n) is 2.64. The van der Waals surface area contributed by atoms with Crippen LogP contribution in [-0.4, -0.2) is 23.8 Å². The van der Waals surface area contributed by atoms with Crippen LogP contribution in [0.4, 0.5) is 0 Å². The van der Waals surface area contributed by atoms with E-state index in [4.69, 9.17) is 0 Å². The predicted octanol–water partition coefficient (Wildman–Crippen LogP) is 3.10. The monoisotopic (exact) mass is 227 g/mol. The number of rotatable bonds is 8. The first-order valence-corrected chi connectivity index (χ1v) is 7.13. The van der Waals surface area contributed by atoms with Crippen molar-refractivity contribution in [3.05, 3.63) is 0 Å². The fraction of sp³-hybridized carbons (Fsp3) is 1.00. The average molecular weight is 227 g/mol. The Morgan fingerprint density at radius 3 is 2.38 bits per heavy atom. The molecule has 0 aliphatic heterocycles. The van der Waals surface area contributed by atoms with E-state index in [1.165, 1.54) is 38.5 Å². The number of hydrogen-bond donors (Lipinski definition) is 2. The predicted molar refractivity (Wildman–Crippen MR) is 69.6 cm³/mol. The quantitative estimate of drug-likeness (QED) is 0.625. The van der Waals surface area contributed by atoms with Gasteiger partial charge in [-0.15, -0.1) is 0 Å². The van der Waals surface area contributed by atoms with Crippen LogP contribution in [0, 0.1) is 5.92 Å². The lowest BCUT2D eigenvalue weighted by Crippen LogP contribution is -2.39. The zero-order valence-corrected chi connectivity index (χ0v) is 11.1. The van der Waals surface area contributed by atoms with E-state index in [-0.39, 0.29) is 0 Å². The maximum atomic E-state index is 10.1. The van der Waals surface area contributed by atoms with Crippen molar-refractivity contribution in [2.75, 3.05) is 13.1 Å². The average Bonchev–Trinajstić information content (AvgIpc) is 2.81. The largest absolute Gasteiger partial charge is 0.389 e. The molecule has 2 N–H and O–H groups in total. The number of hydrogen-bond acceptors (Lipinski definition) is 2. The number of nitrogens with one attached hydrogen (secondary N) is 1. The van der Waals surface area contributed by atoms with E-state index in [0.29, 0.717) is 0 Å². The smallest absolute Gasteiger partial charge is 0.0766 e. The summed E-state index contributed by atoms with van der Waals surface area (Å²) in [5, 5.41) is 13.5. The van der Waals surface area contributed by atoms with Crippen molar-refractivity contribution in [2.45, 2.75) is 70.8 Å². The molecular weight excluding hydrogens is 198 g/mol. The molecular formula is C14H29NO. The van der Waals surface area contributed by atoms with Gasteiger partial charge in [-0.3, -0.25) is 0 Å². The fourth-order valence-corrected chi connectivity index (χ4v) is 2.64. The zero-order valence-electron chi connectivity index (χ0n) is 11.1. The minimum Gasteiger partial charge on any atom is -0.389 e. The van der Waals surface area contributed by atoms with Gasteiger partial charge in [0.25, 0.3) is 0 Å². The summed E-state index contributed by atoms with van der Waals surface area (Å²) < 4.78 is 0. The molecule has 96 valence electrons.